The molecule has 26 heavy (non-hydrogen) atoms. The lowest BCUT2D eigenvalue weighted by molar-refractivity contribution is 0.601. The van der Waals surface area contributed by atoms with Gasteiger partial charge in [-0.15, -0.1) is 0 Å². The molecule has 2 aliphatic carbocycles. The molecule has 2 aliphatic rings. The monoisotopic (exact) mass is 339 g/mol. The highest BCUT2D eigenvalue weighted by Gasteiger charge is 2.45. The summed E-state index contributed by atoms with van der Waals surface area (Å²) >= 11 is 0. The van der Waals surface area contributed by atoms with Crippen LogP contribution in [0, 0.1) is 6.92 Å². The minimum Gasteiger partial charge on any atom is -0.399 e. The molecule has 0 atom stereocenters. The Labute approximate surface area is 155 Å². The third kappa shape index (κ3) is 1.71. The van der Waals surface area contributed by atoms with Crippen LogP contribution in [0.3, 0.4) is 0 Å². The Hall–Kier alpha value is -2.54. The molecule has 0 spiro atoms. The average Bonchev–Trinajstić information content (AvgIpc) is 2.94. The van der Waals surface area contributed by atoms with Crippen molar-refractivity contribution in [1.29, 1.82) is 0 Å². The van der Waals surface area contributed by atoms with Crippen LogP contribution in [0.1, 0.15) is 55.5 Å². The zero-order valence-electron chi connectivity index (χ0n) is 16.2. The molecular formula is C25H25N. The van der Waals surface area contributed by atoms with E-state index in [2.05, 4.69) is 77.1 Å². The molecule has 3 aromatic rings. The van der Waals surface area contributed by atoms with Crippen molar-refractivity contribution in [2.75, 3.05) is 5.73 Å². The fourth-order valence-electron chi connectivity index (χ4n) is 5.34. The number of nitrogens with two attached hydrogens (primary N) is 1. The third-order valence-electron chi connectivity index (χ3n) is 6.60. The fourth-order valence-corrected chi connectivity index (χ4v) is 5.34. The van der Waals surface area contributed by atoms with Gasteiger partial charge in [-0.05, 0) is 63.6 Å². The topological polar surface area (TPSA) is 26.0 Å². The summed E-state index contributed by atoms with van der Waals surface area (Å²) in [5.74, 6) is 0. The lowest BCUT2D eigenvalue weighted by Gasteiger charge is -2.30. The van der Waals surface area contributed by atoms with E-state index in [1.165, 1.54) is 50.1 Å². The molecule has 0 amide bonds. The van der Waals surface area contributed by atoms with Gasteiger partial charge in [0.1, 0.15) is 0 Å². The normalized spacial score (nSPS) is 17.4. The molecule has 0 heterocycles. The van der Waals surface area contributed by atoms with Gasteiger partial charge in [0.2, 0.25) is 0 Å². The molecule has 0 unspecified atom stereocenters. The molecule has 0 aliphatic heterocycles. The second-order valence-electron chi connectivity index (χ2n) is 9.01. The summed E-state index contributed by atoms with van der Waals surface area (Å²) < 4.78 is 0. The summed E-state index contributed by atoms with van der Waals surface area (Å²) in [5.41, 5.74) is 19.6. The van der Waals surface area contributed by atoms with E-state index in [-0.39, 0.29) is 10.8 Å². The van der Waals surface area contributed by atoms with E-state index in [0.29, 0.717) is 0 Å². The minimum absolute atomic E-state index is 0.00683. The van der Waals surface area contributed by atoms with Gasteiger partial charge in [0.25, 0.3) is 0 Å². The van der Waals surface area contributed by atoms with E-state index in [0.717, 1.165) is 5.69 Å². The van der Waals surface area contributed by atoms with Gasteiger partial charge in [0.15, 0.2) is 0 Å². The van der Waals surface area contributed by atoms with Crippen molar-refractivity contribution in [3.05, 3.63) is 76.3 Å². The maximum Gasteiger partial charge on any atom is 0.0317 e. The maximum atomic E-state index is 6.14. The zero-order chi connectivity index (χ0) is 18.4. The number of anilines is 1. The Bertz CT molecular complexity index is 1010. The van der Waals surface area contributed by atoms with Gasteiger partial charge < -0.3 is 5.73 Å². The Kier molecular flexibility index (Phi) is 2.77. The highest BCUT2D eigenvalue weighted by atomic mass is 14.6. The molecule has 0 saturated carbocycles. The summed E-state index contributed by atoms with van der Waals surface area (Å²) in [7, 11) is 0. The molecule has 2 N–H and O–H groups in total. The van der Waals surface area contributed by atoms with Gasteiger partial charge in [0.05, 0.1) is 0 Å². The van der Waals surface area contributed by atoms with E-state index in [9.17, 15) is 0 Å². The van der Waals surface area contributed by atoms with Crippen LogP contribution in [-0.4, -0.2) is 0 Å². The van der Waals surface area contributed by atoms with Crippen molar-refractivity contribution in [2.24, 2.45) is 0 Å². The molecule has 3 aromatic carbocycles. The summed E-state index contributed by atoms with van der Waals surface area (Å²) in [6.07, 6.45) is 0. The SMILES string of the molecule is Cc1ccc2c(c1)C(C)(C)c1c-2ccc2c1C(C)(C)c1cc(N)ccc1-2. The van der Waals surface area contributed by atoms with E-state index in [1.807, 2.05) is 6.07 Å². The first kappa shape index (κ1) is 15.7. The fraction of sp³-hybridized carbons (Fsp3) is 0.280. The van der Waals surface area contributed by atoms with Crippen molar-refractivity contribution in [3.63, 3.8) is 0 Å². The number of aryl methyl sites for hydroxylation is 1. The second-order valence-corrected chi connectivity index (χ2v) is 9.01. The Morgan fingerprint density at radius 2 is 1.08 bits per heavy atom. The molecule has 1 heteroatoms. The Morgan fingerprint density at radius 3 is 1.65 bits per heavy atom. The highest BCUT2D eigenvalue weighted by Crippen LogP contribution is 2.59. The van der Waals surface area contributed by atoms with Gasteiger partial charge in [0, 0.05) is 16.5 Å². The summed E-state index contributed by atoms with van der Waals surface area (Å²) in [6, 6.07) is 18.0. The first-order valence-electron chi connectivity index (χ1n) is 9.43. The molecule has 0 bridgehead atoms. The van der Waals surface area contributed by atoms with Gasteiger partial charge in [-0.1, -0.05) is 69.7 Å². The minimum atomic E-state index is -0.0419. The summed E-state index contributed by atoms with van der Waals surface area (Å²) in [5, 5.41) is 0. The standard InChI is InChI=1S/C25H25N/c1-14-6-8-16-18-10-11-19-17-9-7-15(26)13-21(17)25(4,5)23(19)22(18)24(2,3)20(16)12-14/h6-13H,26H2,1-5H3. The van der Waals surface area contributed by atoms with Gasteiger partial charge in [-0.25, -0.2) is 0 Å². The lowest BCUT2D eigenvalue weighted by Crippen LogP contribution is -2.24. The van der Waals surface area contributed by atoms with Gasteiger partial charge >= 0.3 is 0 Å². The third-order valence-corrected chi connectivity index (χ3v) is 6.60. The van der Waals surface area contributed by atoms with Crippen LogP contribution in [0.2, 0.25) is 0 Å². The average molecular weight is 339 g/mol. The predicted molar refractivity (Wildman–Crippen MR) is 111 cm³/mol. The molecule has 1 nitrogen and oxygen atoms in total. The first-order valence-corrected chi connectivity index (χ1v) is 9.43. The van der Waals surface area contributed by atoms with Crippen LogP contribution in [0.25, 0.3) is 22.3 Å². The van der Waals surface area contributed by atoms with Gasteiger partial charge in [-0.3, -0.25) is 0 Å². The summed E-state index contributed by atoms with van der Waals surface area (Å²) in [4.78, 5) is 0. The van der Waals surface area contributed by atoms with Crippen LogP contribution in [0.4, 0.5) is 5.69 Å². The second kappa shape index (κ2) is 4.59. The molecule has 0 radical (unpaired) electrons. The molecule has 0 aromatic heterocycles. The van der Waals surface area contributed by atoms with E-state index in [4.69, 9.17) is 5.73 Å². The first-order chi connectivity index (χ1) is 12.2. The van der Waals surface area contributed by atoms with Crippen molar-refractivity contribution < 1.29 is 0 Å². The molecule has 0 fully saturated rings. The number of hydrogen-bond donors (Lipinski definition) is 1. The maximum absolute atomic E-state index is 6.14. The number of benzene rings is 3. The van der Waals surface area contributed by atoms with Crippen LogP contribution in [-0.2, 0) is 10.8 Å². The number of hydrogen-bond acceptors (Lipinski definition) is 1. The number of nitrogen functional groups attached to an aromatic ring is 1. The number of fused-ring (bicyclic) bond motifs is 7. The van der Waals surface area contributed by atoms with E-state index in [1.54, 1.807) is 0 Å². The smallest absolute Gasteiger partial charge is 0.0317 e. The van der Waals surface area contributed by atoms with E-state index < -0.39 is 0 Å². The predicted octanol–water partition coefficient (Wildman–Crippen LogP) is 6.19. The lowest BCUT2D eigenvalue weighted by atomic mass is 9.72. The van der Waals surface area contributed by atoms with E-state index >= 15 is 0 Å². The Balaban J connectivity index is 1.89. The highest BCUT2D eigenvalue weighted by molar-refractivity contribution is 5.91. The zero-order valence-corrected chi connectivity index (χ0v) is 16.2. The largest absolute Gasteiger partial charge is 0.399 e. The molecule has 0 saturated heterocycles. The van der Waals surface area contributed by atoms with Crippen molar-refractivity contribution in [3.8, 4) is 22.3 Å². The van der Waals surface area contributed by atoms with Crippen LogP contribution in [0.15, 0.2) is 48.5 Å². The van der Waals surface area contributed by atoms with Crippen molar-refractivity contribution >= 4 is 5.69 Å². The molecule has 130 valence electrons. The van der Waals surface area contributed by atoms with Crippen LogP contribution >= 0.6 is 0 Å². The summed E-state index contributed by atoms with van der Waals surface area (Å²) in [6.45, 7) is 11.6. The molecular weight excluding hydrogens is 314 g/mol. The van der Waals surface area contributed by atoms with Crippen LogP contribution < -0.4 is 5.73 Å². The Morgan fingerprint density at radius 1 is 0.615 bits per heavy atom. The van der Waals surface area contributed by atoms with Crippen molar-refractivity contribution in [2.45, 2.75) is 45.4 Å². The van der Waals surface area contributed by atoms with Crippen molar-refractivity contribution in [1.82, 2.24) is 0 Å². The quantitative estimate of drug-likeness (QED) is 0.486. The van der Waals surface area contributed by atoms with Crippen LogP contribution in [0.5, 0.6) is 0 Å². The van der Waals surface area contributed by atoms with Gasteiger partial charge in [-0.2, -0.15) is 0 Å². The molecule has 5 rings (SSSR count). The number of rotatable bonds is 0.